The van der Waals surface area contributed by atoms with Gasteiger partial charge < -0.3 is 10.4 Å². The van der Waals surface area contributed by atoms with Gasteiger partial charge in [0, 0.05) is 19.3 Å². The summed E-state index contributed by atoms with van der Waals surface area (Å²) in [6.07, 6.45) is 2.59. The summed E-state index contributed by atoms with van der Waals surface area (Å²) in [7, 11) is 1.82. The molecular formula is C12H19N3O2. The van der Waals surface area contributed by atoms with Crippen molar-refractivity contribution in [2.24, 2.45) is 7.05 Å². The van der Waals surface area contributed by atoms with Crippen LogP contribution in [0.2, 0.25) is 0 Å². The number of aliphatic hydroxyl groups is 1. The number of amides is 1. The molecule has 1 aliphatic carbocycles. The maximum atomic E-state index is 12.0. The molecule has 0 saturated heterocycles. The highest BCUT2D eigenvalue weighted by molar-refractivity contribution is 5.96. The summed E-state index contributed by atoms with van der Waals surface area (Å²) in [4.78, 5) is 12.0. The standard InChI is InChI=1S/C12H19N3O2/c1-8-10(9(2)15(3)14-8)11(16)13-7-12(17)5-4-6-12/h17H,4-7H2,1-3H3,(H,13,16). The first-order chi connectivity index (χ1) is 7.93. The van der Waals surface area contributed by atoms with Gasteiger partial charge in [0.25, 0.3) is 5.91 Å². The summed E-state index contributed by atoms with van der Waals surface area (Å²) in [5, 5.41) is 16.9. The number of hydrogen-bond acceptors (Lipinski definition) is 3. The van der Waals surface area contributed by atoms with Gasteiger partial charge in [-0.25, -0.2) is 0 Å². The molecule has 1 aliphatic rings. The zero-order chi connectivity index (χ0) is 12.6. The second-order valence-corrected chi connectivity index (χ2v) is 4.93. The van der Waals surface area contributed by atoms with Gasteiger partial charge in [0.1, 0.15) is 0 Å². The van der Waals surface area contributed by atoms with E-state index < -0.39 is 5.60 Å². The van der Waals surface area contributed by atoms with E-state index in [1.807, 2.05) is 20.9 Å². The van der Waals surface area contributed by atoms with Crippen LogP contribution in [0.3, 0.4) is 0 Å². The van der Waals surface area contributed by atoms with Crippen LogP contribution < -0.4 is 5.32 Å². The summed E-state index contributed by atoms with van der Waals surface area (Å²) in [5.41, 5.74) is 1.51. The molecule has 0 aromatic carbocycles. The number of hydrogen-bond donors (Lipinski definition) is 2. The van der Waals surface area contributed by atoms with Crippen LogP contribution in [-0.4, -0.2) is 32.9 Å². The topological polar surface area (TPSA) is 67.2 Å². The Labute approximate surface area is 101 Å². The first-order valence-corrected chi connectivity index (χ1v) is 5.94. The molecule has 0 bridgehead atoms. The highest BCUT2D eigenvalue weighted by Crippen LogP contribution is 2.30. The van der Waals surface area contributed by atoms with Crippen molar-refractivity contribution in [3.8, 4) is 0 Å². The number of carbonyl (C=O) groups excluding carboxylic acids is 1. The lowest BCUT2D eigenvalue weighted by Crippen LogP contribution is -2.47. The number of nitrogens with zero attached hydrogens (tertiary/aromatic N) is 2. The van der Waals surface area contributed by atoms with Crippen LogP contribution in [0.15, 0.2) is 0 Å². The molecule has 1 amide bonds. The molecular weight excluding hydrogens is 218 g/mol. The zero-order valence-electron chi connectivity index (χ0n) is 10.6. The van der Waals surface area contributed by atoms with Crippen LogP contribution in [0.4, 0.5) is 0 Å². The van der Waals surface area contributed by atoms with E-state index in [2.05, 4.69) is 10.4 Å². The van der Waals surface area contributed by atoms with E-state index in [9.17, 15) is 9.90 Å². The predicted molar refractivity (Wildman–Crippen MR) is 63.8 cm³/mol. The van der Waals surface area contributed by atoms with Gasteiger partial charge in [-0.1, -0.05) is 0 Å². The normalized spacial score (nSPS) is 17.6. The van der Waals surface area contributed by atoms with E-state index in [4.69, 9.17) is 0 Å². The van der Waals surface area contributed by atoms with Gasteiger partial charge in [-0.05, 0) is 33.1 Å². The Balaban J connectivity index is 2.04. The highest BCUT2D eigenvalue weighted by Gasteiger charge is 2.34. The number of aromatic nitrogens is 2. The van der Waals surface area contributed by atoms with Crippen LogP contribution in [-0.2, 0) is 7.05 Å². The van der Waals surface area contributed by atoms with Crippen LogP contribution >= 0.6 is 0 Å². The second-order valence-electron chi connectivity index (χ2n) is 4.93. The van der Waals surface area contributed by atoms with E-state index in [1.165, 1.54) is 0 Å². The Morgan fingerprint density at radius 3 is 2.59 bits per heavy atom. The Hall–Kier alpha value is -1.36. The van der Waals surface area contributed by atoms with E-state index in [-0.39, 0.29) is 5.91 Å². The highest BCUT2D eigenvalue weighted by atomic mass is 16.3. The Kier molecular flexibility index (Phi) is 2.95. The van der Waals surface area contributed by atoms with Crippen molar-refractivity contribution in [2.45, 2.75) is 38.7 Å². The minimum Gasteiger partial charge on any atom is -0.388 e. The molecule has 0 spiro atoms. The second kappa shape index (κ2) is 4.14. The van der Waals surface area contributed by atoms with Crippen LogP contribution in [0, 0.1) is 13.8 Å². The molecule has 1 heterocycles. The number of carbonyl (C=O) groups is 1. The molecule has 0 atom stereocenters. The van der Waals surface area contributed by atoms with Crippen molar-refractivity contribution in [1.29, 1.82) is 0 Å². The molecule has 1 saturated carbocycles. The fourth-order valence-electron chi connectivity index (χ4n) is 2.20. The molecule has 94 valence electrons. The molecule has 1 aromatic rings. The summed E-state index contributed by atoms with van der Waals surface area (Å²) in [6, 6.07) is 0. The lowest BCUT2D eigenvalue weighted by atomic mass is 9.80. The van der Waals surface area contributed by atoms with Crippen LogP contribution in [0.25, 0.3) is 0 Å². The Bertz CT molecular complexity index is 447. The maximum Gasteiger partial charge on any atom is 0.255 e. The molecule has 5 heteroatoms. The minimum absolute atomic E-state index is 0.145. The summed E-state index contributed by atoms with van der Waals surface area (Å²) in [6.45, 7) is 4.02. The zero-order valence-corrected chi connectivity index (χ0v) is 10.6. The third-order valence-corrected chi connectivity index (χ3v) is 3.60. The van der Waals surface area contributed by atoms with E-state index in [0.29, 0.717) is 12.1 Å². The Morgan fingerprint density at radius 2 is 2.18 bits per heavy atom. The van der Waals surface area contributed by atoms with Crippen molar-refractivity contribution in [2.75, 3.05) is 6.54 Å². The smallest absolute Gasteiger partial charge is 0.255 e. The molecule has 1 fully saturated rings. The van der Waals surface area contributed by atoms with Gasteiger partial charge in [-0.15, -0.1) is 0 Å². The van der Waals surface area contributed by atoms with Crippen LogP contribution in [0.5, 0.6) is 0 Å². The van der Waals surface area contributed by atoms with Gasteiger partial charge >= 0.3 is 0 Å². The molecule has 17 heavy (non-hydrogen) atoms. The largest absolute Gasteiger partial charge is 0.388 e. The average molecular weight is 237 g/mol. The van der Waals surface area contributed by atoms with Crippen molar-refractivity contribution >= 4 is 5.91 Å². The molecule has 0 radical (unpaired) electrons. The van der Waals surface area contributed by atoms with Gasteiger partial charge in [0.2, 0.25) is 0 Å². The van der Waals surface area contributed by atoms with Crippen molar-refractivity contribution in [3.63, 3.8) is 0 Å². The van der Waals surface area contributed by atoms with E-state index >= 15 is 0 Å². The van der Waals surface area contributed by atoms with Crippen molar-refractivity contribution < 1.29 is 9.90 Å². The van der Waals surface area contributed by atoms with Crippen LogP contribution in [0.1, 0.15) is 41.0 Å². The van der Waals surface area contributed by atoms with E-state index in [0.717, 1.165) is 30.7 Å². The fourth-order valence-corrected chi connectivity index (χ4v) is 2.20. The molecule has 1 aromatic heterocycles. The molecule has 2 rings (SSSR count). The SMILES string of the molecule is Cc1nn(C)c(C)c1C(=O)NCC1(O)CCC1. The minimum atomic E-state index is -0.681. The van der Waals surface area contributed by atoms with Gasteiger partial charge in [0.15, 0.2) is 0 Å². The average Bonchev–Trinajstić information content (AvgIpc) is 2.47. The monoisotopic (exact) mass is 237 g/mol. The predicted octanol–water partition coefficient (Wildman–Crippen LogP) is 0.682. The summed E-state index contributed by atoms with van der Waals surface area (Å²) in [5.74, 6) is -0.145. The lowest BCUT2D eigenvalue weighted by molar-refractivity contribution is -0.0300. The number of nitrogens with one attached hydrogen (secondary N) is 1. The van der Waals surface area contributed by atoms with Crippen molar-refractivity contribution in [3.05, 3.63) is 17.0 Å². The molecule has 0 aliphatic heterocycles. The summed E-state index contributed by atoms with van der Waals surface area (Å²) < 4.78 is 1.70. The van der Waals surface area contributed by atoms with Crippen molar-refractivity contribution in [1.82, 2.24) is 15.1 Å². The third kappa shape index (κ3) is 2.20. The number of rotatable bonds is 3. The van der Waals surface area contributed by atoms with Gasteiger partial charge in [-0.2, -0.15) is 5.10 Å². The Morgan fingerprint density at radius 1 is 1.53 bits per heavy atom. The summed E-state index contributed by atoms with van der Waals surface area (Å²) >= 11 is 0. The van der Waals surface area contributed by atoms with Gasteiger partial charge in [0.05, 0.1) is 16.9 Å². The molecule has 5 nitrogen and oxygen atoms in total. The lowest BCUT2D eigenvalue weighted by Gasteiger charge is -2.36. The molecule has 2 N–H and O–H groups in total. The molecule has 0 unspecified atom stereocenters. The first kappa shape index (κ1) is 12.1. The maximum absolute atomic E-state index is 12.0. The fraction of sp³-hybridized carbons (Fsp3) is 0.667. The third-order valence-electron chi connectivity index (χ3n) is 3.60. The van der Waals surface area contributed by atoms with E-state index in [1.54, 1.807) is 4.68 Å². The number of aryl methyl sites for hydroxylation is 2. The van der Waals surface area contributed by atoms with Gasteiger partial charge in [-0.3, -0.25) is 9.48 Å². The first-order valence-electron chi connectivity index (χ1n) is 5.94. The quantitative estimate of drug-likeness (QED) is 0.812.